The summed E-state index contributed by atoms with van der Waals surface area (Å²) in [5.41, 5.74) is 0.975. The highest BCUT2D eigenvalue weighted by Crippen LogP contribution is 2.19. The Morgan fingerprint density at radius 1 is 1.43 bits per heavy atom. The van der Waals surface area contributed by atoms with Gasteiger partial charge in [-0.2, -0.15) is 5.10 Å². The third kappa shape index (κ3) is 3.56. The smallest absolute Gasteiger partial charge is 0.256 e. The van der Waals surface area contributed by atoms with Crippen LogP contribution >= 0.6 is 11.6 Å². The van der Waals surface area contributed by atoms with E-state index < -0.39 is 0 Å². The van der Waals surface area contributed by atoms with Gasteiger partial charge in [0.05, 0.1) is 24.5 Å². The Bertz CT molecular complexity index is 521. The van der Waals surface area contributed by atoms with Crippen LogP contribution < -0.4 is 5.32 Å². The number of carbonyl (C=O) groups is 1. The molecule has 2 rings (SSSR count). The summed E-state index contributed by atoms with van der Waals surface area (Å²) in [6.07, 6.45) is 0. The van der Waals surface area contributed by atoms with Crippen molar-refractivity contribution in [1.82, 2.24) is 20.0 Å². The van der Waals surface area contributed by atoms with Crippen LogP contribution in [0.15, 0.2) is 0 Å². The molecule has 0 unspecified atom stereocenters. The van der Waals surface area contributed by atoms with Gasteiger partial charge >= 0.3 is 0 Å². The molecule has 7 heteroatoms. The number of amides is 1. The van der Waals surface area contributed by atoms with Gasteiger partial charge in [-0.15, -0.1) is 0 Å². The van der Waals surface area contributed by atoms with Gasteiger partial charge in [-0.3, -0.25) is 14.4 Å². The molecule has 1 aliphatic heterocycles. The first-order valence-corrected chi connectivity index (χ1v) is 7.51. The third-order valence-electron chi connectivity index (χ3n) is 3.93. The molecule has 1 fully saturated rings. The first kappa shape index (κ1) is 16.3. The number of ether oxygens (including phenoxy) is 1. The van der Waals surface area contributed by atoms with E-state index in [1.54, 1.807) is 14.0 Å². The Morgan fingerprint density at radius 3 is 2.57 bits per heavy atom. The van der Waals surface area contributed by atoms with Gasteiger partial charge in [0.2, 0.25) is 0 Å². The molecule has 0 radical (unpaired) electrons. The number of halogens is 1. The monoisotopic (exact) mass is 314 g/mol. The number of nitrogens with one attached hydrogen (secondary N) is 1. The van der Waals surface area contributed by atoms with Crippen molar-refractivity contribution in [3.8, 4) is 0 Å². The average molecular weight is 315 g/mol. The zero-order chi connectivity index (χ0) is 15.6. The molecule has 1 aromatic heterocycles. The fourth-order valence-electron chi connectivity index (χ4n) is 2.55. The van der Waals surface area contributed by atoms with Crippen molar-refractivity contribution in [3.63, 3.8) is 0 Å². The van der Waals surface area contributed by atoms with E-state index in [-0.39, 0.29) is 11.4 Å². The molecule has 21 heavy (non-hydrogen) atoms. The predicted octanol–water partition coefficient (Wildman–Crippen LogP) is 1.22. The number of hydrogen-bond acceptors (Lipinski definition) is 4. The van der Waals surface area contributed by atoms with Gasteiger partial charge < -0.3 is 10.1 Å². The van der Waals surface area contributed by atoms with E-state index in [1.807, 2.05) is 0 Å². The number of rotatable bonds is 4. The van der Waals surface area contributed by atoms with Crippen LogP contribution in [0.2, 0.25) is 5.15 Å². The van der Waals surface area contributed by atoms with Crippen molar-refractivity contribution in [2.45, 2.75) is 26.3 Å². The van der Waals surface area contributed by atoms with Gasteiger partial charge in [-0.05, 0) is 20.8 Å². The molecule has 0 bridgehead atoms. The van der Waals surface area contributed by atoms with Crippen LogP contribution in [0.25, 0.3) is 0 Å². The fraction of sp³-hybridized carbons (Fsp3) is 0.714. The molecule has 0 spiro atoms. The lowest BCUT2D eigenvalue weighted by molar-refractivity contribution is -0.00923. The Balaban J connectivity index is 1.99. The van der Waals surface area contributed by atoms with E-state index in [2.05, 4.69) is 29.2 Å². The van der Waals surface area contributed by atoms with Crippen LogP contribution in [0.5, 0.6) is 0 Å². The fourth-order valence-corrected chi connectivity index (χ4v) is 2.81. The van der Waals surface area contributed by atoms with Crippen molar-refractivity contribution >= 4 is 17.5 Å². The Hall–Kier alpha value is -1.11. The summed E-state index contributed by atoms with van der Waals surface area (Å²) in [5.74, 6) is -0.174. The Morgan fingerprint density at radius 2 is 2.05 bits per heavy atom. The highest BCUT2D eigenvalue weighted by molar-refractivity contribution is 6.33. The second kappa shape index (κ2) is 6.34. The van der Waals surface area contributed by atoms with Gasteiger partial charge in [0.25, 0.3) is 5.91 Å². The van der Waals surface area contributed by atoms with E-state index in [4.69, 9.17) is 16.3 Å². The molecule has 6 nitrogen and oxygen atoms in total. The van der Waals surface area contributed by atoms with Crippen LogP contribution in [0, 0.1) is 6.92 Å². The number of aromatic nitrogens is 2. The van der Waals surface area contributed by atoms with Gasteiger partial charge in [0.1, 0.15) is 5.15 Å². The van der Waals surface area contributed by atoms with Gasteiger partial charge in [-0.25, -0.2) is 0 Å². The van der Waals surface area contributed by atoms with Crippen LogP contribution in [0.4, 0.5) is 0 Å². The molecule has 0 aliphatic carbocycles. The van der Waals surface area contributed by atoms with Crippen molar-refractivity contribution in [1.29, 1.82) is 0 Å². The standard InChI is InChI=1S/C14H23ClN4O2/c1-10-11(12(15)18(4)17-10)13(20)16-9-14(2,3)19-5-7-21-8-6-19/h5-9H2,1-4H3,(H,16,20). The summed E-state index contributed by atoms with van der Waals surface area (Å²) < 4.78 is 6.88. The summed E-state index contributed by atoms with van der Waals surface area (Å²) in [4.78, 5) is 14.7. The molecular formula is C14H23ClN4O2. The Labute approximate surface area is 130 Å². The molecule has 0 atom stereocenters. The molecule has 118 valence electrons. The lowest BCUT2D eigenvalue weighted by Crippen LogP contribution is -2.55. The van der Waals surface area contributed by atoms with Crippen molar-refractivity contribution in [2.24, 2.45) is 7.05 Å². The van der Waals surface area contributed by atoms with Gasteiger partial charge in [-0.1, -0.05) is 11.6 Å². The summed E-state index contributed by atoms with van der Waals surface area (Å²) in [6, 6.07) is 0. The molecule has 0 saturated carbocycles. The van der Waals surface area contributed by atoms with E-state index in [9.17, 15) is 4.79 Å². The molecule has 2 heterocycles. The molecule has 0 aromatic carbocycles. The maximum atomic E-state index is 12.3. The zero-order valence-electron chi connectivity index (χ0n) is 13.1. The van der Waals surface area contributed by atoms with Gasteiger partial charge in [0, 0.05) is 32.2 Å². The highest BCUT2D eigenvalue weighted by atomic mass is 35.5. The summed E-state index contributed by atoms with van der Waals surface area (Å²) in [7, 11) is 1.73. The van der Waals surface area contributed by atoms with Crippen LogP contribution in [0.3, 0.4) is 0 Å². The normalized spacial score (nSPS) is 17.0. The molecule has 1 amide bonds. The minimum absolute atomic E-state index is 0.123. The number of hydrogen-bond donors (Lipinski definition) is 1. The topological polar surface area (TPSA) is 59.4 Å². The quantitative estimate of drug-likeness (QED) is 0.908. The Kier molecular flexibility index (Phi) is 4.91. The van der Waals surface area contributed by atoms with E-state index >= 15 is 0 Å². The summed E-state index contributed by atoms with van der Waals surface area (Å²) in [6.45, 7) is 9.83. The van der Waals surface area contributed by atoms with Crippen LogP contribution in [-0.4, -0.2) is 59.0 Å². The first-order valence-electron chi connectivity index (χ1n) is 7.13. The maximum absolute atomic E-state index is 12.3. The average Bonchev–Trinajstić information content (AvgIpc) is 2.71. The number of morpholine rings is 1. The lowest BCUT2D eigenvalue weighted by Gasteiger charge is -2.40. The second-order valence-electron chi connectivity index (χ2n) is 5.97. The third-order valence-corrected chi connectivity index (χ3v) is 4.36. The van der Waals surface area contributed by atoms with Crippen LogP contribution in [-0.2, 0) is 11.8 Å². The minimum atomic E-state index is -0.174. The largest absolute Gasteiger partial charge is 0.379 e. The van der Waals surface area contributed by atoms with E-state index in [0.717, 1.165) is 26.3 Å². The lowest BCUT2D eigenvalue weighted by atomic mass is 10.0. The zero-order valence-corrected chi connectivity index (χ0v) is 13.8. The summed E-state index contributed by atoms with van der Waals surface area (Å²) >= 11 is 6.12. The van der Waals surface area contributed by atoms with Crippen LogP contribution in [0.1, 0.15) is 29.9 Å². The second-order valence-corrected chi connectivity index (χ2v) is 6.33. The molecular weight excluding hydrogens is 292 g/mol. The SMILES string of the molecule is Cc1nn(C)c(Cl)c1C(=O)NCC(C)(C)N1CCOCC1. The number of carbonyl (C=O) groups excluding carboxylic acids is 1. The number of nitrogens with zero attached hydrogens (tertiary/aromatic N) is 3. The molecule has 1 N–H and O–H groups in total. The van der Waals surface area contributed by atoms with Crippen molar-refractivity contribution in [2.75, 3.05) is 32.8 Å². The van der Waals surface area contributed by atoms with Crippen molar-refractivity contribution < 1.29 is 9.53 Å². The molecule has 1 saturated heterocycles. The maximum Gasteiger partial charge on any atom is 0.256 e. The number of aryl methyl sites for hydroxylation is 2. The van der Waals surface area contributed by atoms with Crippen molar-refractivity contribution in [3.05, 3.63) is 16.4 Å². The highest BCUT2D eigenvalue weighted by Gasteiger charge is 2.29. The van der Waals surface area contributed by atoms with Gasteiger partial charge in [0.15, 0.2) is 0 Å². The first-order chi connectivity index (χ1) is 9.83. The van der Waals surface area contributed by atoms with E-state index in [1.165, 1.54) is 4.68 Å². The summed E-state index contributed by atoms with van der Waals surface area (Å²) in [5, 5.41) is 7.50. The molecule has 1 aromatic rings. The predicted molar refractivity (Wildman–Crippen MR) is 81.8 cm³/mol. The molecule has 1 aliphatic rings. The minimum Gasteiger partial charge on any atom is -0.379 e. The van der Waals surface area contributed by atoms with E-state index in [0.29, 0.717) is 23.0 Å².